The van der Waals surface area contributed by atoms with Gasteiger partial charge in [-0.25, -0.2) is 4.39 Å². The highest BCUT2D eigenvalue weighted by Gasteiger charge is 2.18. The Labute approximate surface area is 111 Å². The molecule has 0 spiro atoms. The van der Waals surface area contributed by atoms with Gasteiger partial charge >= 0.3 is 0 Å². The fourth-order valence-electron chi connectivity index (χ4n) is 2.66. The number of benzene rings is 1. The zero-order valence-corrected chi connectivity index (χ0v) is 10.5. The van der Waals surface area contributed by atoms with Gasteiger partial charge in [0, 0.05) is 17.3 Å². The summed E-state index contributed by atoms with van der Waals surface area (Å²) in [5, 5.41) is 13.2. The van der Waals surface area contributed by atoms with Crippen LogP contribution in [0.15, 0.2) is 30.6 Å². The lowest BCUT2D eigenvalue weighted by atomic mass is 10.1. The smallest absolute Gasteiger partial charge is 0.131 e. The lowest BCUT2D eigenvalue weighted by Gasteiger charge is -2.08. The second-order valence-electron chi connectivity index (χ2n) is 4.95. The molecule has 0 atom stereocenters. The first-order chi connectivity index (χ1) is 9.28. The van der Waals surface area contributed by atoms with Crippen LogP contribution in [-0.2, 0) is 0 Å². The molecule has 1 aromatic carbocycles. The molecule has 0 unspecified atom stereocenters. The van der Waals surface area contributed by atoms with Crippen LogP contribution >= 0.6 is 0 Å². The maximum atomic E-state index is 13.8. The quantitative estimate of drug-likeness (QED) is 0.821. The summed E-state index contributed by atoms with van der Waals surface area (Å²) >= 11 is 0. The van der Waals surface area contributed by atoms with Crippen LogP contribution in [0.3, 0.4) is 0 Å². The van der Waals surface area contributed by atoms with E-state index in [0.29, 0.717) is 17.2 Å². The Morgan fingerprint density at radius 3 is 2.84 bits per heavy atom. The molecule has 0 aliphatic heterocycles. The Bertz CT molecular complexity index is 633. The molecule has 2 aromatic rings. The fraction of sp³-hybridized carbons (Fsp3) is 0.333. The third-order valence-electron chi connectivity index (χ3n) is 3.71. The van der Waals surface area contributed by atoms with Crippen LogP contribution in [0.2, 0.25) is 0 Å². The first kappa shape index (κ1) is 11.9. The number of nitrogens with zero attached hydrogens (tertiary/aromatic N) is 3. The van der Waals surface area contributed by atoms with Crippen molar-refractivity contribution in [3.63, 3.8) is 0 Å². The minimum atomic E-state index is -0.315. The molecule has 0 saturated heterocycles. The molecule has 0 amide bonds. The predicted octanol–water partition coefficient (Wildman–Crippen LogP) is 3.68. The minimum absolute atomic E-state index is 0.315. The van der Waals surface area contributed by atoms with Gasteiger partial charge in [0.05, 0.1) is 23.9 Å². The van der Waals surface area contributed by atoms with E-state index < -0.39 is 0 Å². The van der Waals surface area contributed by atoms with Crippen LogP contribution in [0, 0.1) is 17.1 Å². The van der Waals surface area contributed by atoms with Gasteiger partial charge in [-0.2, -0.15) is 10.4 Å². The zero-order chi connectivity index (χ0) is 13.2. The lowest BCUT2D eigenvalue weighted by Crippen LogP contribution is -2.04. The normalized spacial score (nSPS) is 15.6. The summed E-state index contributed by atoms with van der Waals surface area (Å²) in [7, 11) is 0. The Morgan fingerprint density at radius 1 is 1.32 bits per heavy atom. The molecule has 19 heavy (non-hydrogen) atoms. The molecule has 3 rings (SSSR count). The number of rotatable bonds is 2. The summed E-state index contributed by atoms with van der Waals surface area (Å²) in [5.74, 6) is -0.315. The van der Waals surface area contributed by atoms with E-state index in [9.17, 15) is 4.39 Å². The van der Waals surface area contributed by atoms with Crippen LogP contribution < -0.4 is 0 Å². The van der Waals surface area contributed by atoms with Gasteiger partial charge in [-0.3, -0.25) is 4.68 Å². The van der Waals surface area contributed by atoms with Gasteiger partial charge in [0.15, 0.2) is 0 Å². The molecule has 0 bridgehead atoms. The minimum Gasteiger partial charge on any atom is -0.269 e. The maximum absolute atomic E-state index is 13.8. The average molecular weight is 255 g/mol. The largest absolute Gasteiger partial charge is 0.269 e. The highest BCUT2D eigenvalue weighted by molar-refractivity contribution is 5.64. The van der Waals surface area contributed by atoms with Crippen LogP contribution in [0.4, 0.5) is 4.39 Å². The van der Waals surface area contributed by atoms with E-state index in [1.54, 1.807) is 12.3 Å². The summed E-state index contributed by atoms with van der Waals surface area (Å²) < 4.78 is 15.8. The van der Waals surface area contributed by atoms with Crippen molar-refractivity contribution in [2.75, 3.05) is 0 Å². The van der Waals surface area contributed by atoms with Crippen molar-refractivity contribution < 1.29 is 4.39 Å². The predicted molar refractivity (Wildman–Crippen MR) is 69.8 cm³/mol. The molecule has 96 valence electrons. The van der Waals surface area contributed by atoms with Crippen LogP contribution in [0.1, 0.15) is 37.3 Å². The second kappa shape index (κ2) is 4.85. The van der Waals surface area contributed by atoms with E-state index in [4.69, 9.17) is 5.26 Å². The first-order valence-electron chi connectivity index (χ1n) is 6.52. The number of nitriles is 1. The highest BCUT2D eigenvalue weighted by atomic mass is 19.1. The molecule has 1 aliphatic carbocycles. The number of halogens is 1. The summed E-state index contributed by atoms with van der Waals surface area (Å²) in [6.45, 7) is 0. The second-order valence-corrected chi connectivity index (χ2v) is 4.95. The Balaban J connectivity index is 1.96. The van der Waals surface area contributed by atoms with Gasteiger partial charge in [-0.05, 0) is 31.0 Å². The van der Waals surface area contributed by atoms with Crippen LogP contribution in [0.5, 0.6) is 0 Å². The molecular weight excluding hydrogens is 241 g/mol. The summed E-state index contributed by atoms with van der Waals surface area (Å²) in [6, 6.07) is 6.87. The van der Waals surface area contributed by atoms with Crippen molar-refractivity contribution in [2.45, 2.75) is 31.7 Å². The standard InChI is InChI=1S/C15H14FN3/c16-15-6-5-11(8-17)7-14(15)12-9-18-19(10-12)13-3-1-2-4-13/h5-7,9-10,13H,1-4H2. The summed E-state index contributed by atoms with van der Waals surface area (Å²) in [6.07, 6.45) is 8.31. The molecule has 1 aromatic heterocycles. The third kappa shape index (κ3) is 2.24. The van der Waals surface area contributed by atoms with Crippen molar-refractivity contribution in [2.24, 2.45) is 0 Å². The zero-order valence-electron chi connectivity index (χ0n) is 10.5. The van der Waals surface area contributed by atoms with Gasteiger partial charge in [-0.1, -0.05) is 12.8 Å². The molecule has 3 nitrogen and oxygen atoms in total. The molecule has 4 heteroatoms. The van der Waals surface area contributed by atoms with Gasteiger partial charge in [0.25, 0.3) is 0 Å². The Morgan fingerprint density at radius 2 is 2.11 bits per heavy atom. The van der Waals surface area contributed by atoms with E-state index in [1.807, 2.05) is 16.9 Å². The molecule has 1 fully saturated rings. The van der Waals surface area contributed by atoms with Crippen molar-refractivity contribution >= 4 is 0 Å². The molecule has 1 aliphatic rings. The molecule has 0 radical (unpaired) electrons. The Hall–Kier alpha value is -2.15. The van der Waals surface area contributed by atoms with Crippen LogP contribution in [-0.4, -0.2) is 9.78 Å². The number of hydrogen-bond acceptors (Lipinski definition) is 2. The van der Waals surface area contributed by atoms with E-state index in [-0.39, 0.29) is 5.82 Å². The SMILES string of the molecule is N#Cc1ccc(F)c(-c2cnn(C3CCCC3)c2)c1. The maximum Gasteiger partial charge on any atom is 0.131 e. The van der Waals surface area contributed by atoms with E-state index >= 15 is 0 Å². The fourth-order valence-corrected chi connectivity index (χ4v) is 2.66. The summed E-state index contributed by atoms with van der Waals surface area (Å²) in [4.78, 5) is 0. The molecule has 1 saturated carbocycles. The lowest BCUT2D eigenvalue weighted by molar-refractivity contribution is 0.467. The third-order valence-corrected chi connectivity index (χ3v) is 3.71. The molecular formula is C15H14FN3. The van der Waals surface area contributed by atoms with Gasteiger partial charge in [-0.15, -0.1) is 0 Å². The van der Waals surface area contributed by atoms with Crippen molar-refractivity contribution in [3.05, 3.63) is 42.0 Å². The number of hydrogen-bond donors (Lipinski definition) is 0. The monoisotopic (exact) mass is 255 g/mol. The summed E-state index contributed by atoms with van der Waals surface area (Å²) in [5.41, 5.74) is 1.65. The molecule has 1 heterocycles. The first-order valence-corrected chi connectivity index (χ1v) is 6.52. The van der Waals surface area contributed by atoms with E-state index in [1.165, 1.54) is 25.0 Å². The topological polar surface area (TPSA) is 41.6 Å². The van der Waals surface area contributed by atoms with Gasteiger partial charge in [0.1, 0.15) is 5.82 Å². The van der Waals surface area contributed by atoms with E-state index in [2.05, 4.69) is 5.10 Å². The highest BCUT2D eigenvalue weighted by Crippen LogP contribution is 2.31. The number of aromatic nitrogens is 2. The van der Waals surface area contributed by atoms with Crippen molar-refractivity contribution in [1.82, 2.24) is 9.78 Å². The molecule has 0 N–H and O–H groups in total. The van der Waals surface area contributed by atoms with E-state index in [0.717, 1.165) is 18.4 Å². The van der Waals surface area contributed by atoms with Crippen molar-refractivity contribution in [3.8, 4) is 17.2 Å². The van der Waals surface area contributed by atoms with Crippen LogP contribution in [0.25, 0.3) is 11.1 Å². The van der Waals surface area contributed by atoms with Crippen molar-refractivity contribution in [1.29, 1.82) is 5.26 Å². The van der Waals surface area contributed by atoms with Gasteiger partial charge < -0.3 is 0 Å². The van der Waals surface area contributed by atoms with Gasteiger partial charge in [0.2, 0.25) is 0 Å². The Kier molecular flexibility index (Phi) is 3.04. The average Bonchev–Trinajstić information content (AvgIpc) is 3.10.